The normalized spacial score (nSPS) is 41.1. The Kier molecular flexibility index (Phi) is 2.46. The molecule has 0 saturated carbocycles. The van der Waals surface area contributed by atoms with Gasteiger partial charge < -0.3 is 14.2 Å². The van der Waals surface area contributed by atoms with Gasteiger partial charge in [0.05, 0.1) is 17.4 Å². The lowest BCUT2D eigenvalue weighted by molar-refractivity contribution is -0.169. The second-order valence-corrected chi connectivity index (χ2v) is 5.99. The van der Waals surface area contributed by atoms with Gasteiger partial charge in [0.2, 0.25) is 0 Å². The average molecular weight is 254 g/mol. The number of hydrogen-bond acceptors (Lipinski definition) is 5. The molecule has 5 nitrogen and oxygen atoms in total. The van der Waals surface area contributed by atoms with Crippen molar-refractivity contribution in [2.24, 2.45) is 11.3 Å². The quantitative estimate of drug-likeness (QED) is 0.704. The van der Waals surface area contributed by atoms with Gasteiger partial charge in [-0.3, -0.25) is 9.59 Å². The maximum Gasteiger partial charge on any atom is 0.312 e. The van der Waals surface area contributed by atoms with Crippen LogP contribution in [0.25, 0.3) is 0 Å². The standard InChI is InChI=1S/C13H18O5/c1-4-13(2,3)12(15)18-9-7-5-6-8(16-7)10(9)17-11(6)14/h6-10H,4-5H2,1-3H3/t6?,7?,8-,9?,10?/m0/s1. The van der Waals surface area contributed by atoms with Gasteiger partial charge in [-0.2, -0.15) is 0 Å². The lowest BCUT2D eigenvalue weighted by atomic mass is 9.87. The first-order chi connectivity index (χ1) is 8.44. The fraction of sp³-hybridized carbons (Fsp3) is 0.846. The minimum Gasteiger partial charge on any atom is -0.455 e. The molecule has 100 valence electrons. The molecule has 4 unspecified atom stereocenters. The number of ether oxygens (including phenoxy) is 3. The molecule has 3 aliphatic rings. The molecule has 0 N–H and O–H groups in total. The fourth-order valence-corrected chi connectivity index (χ4v) is 2.81. The molecule has 0 amide bonds. The number of esters is 2. The van der Waals surface area contributed by atoms with Crippen LogP contribution in [0.1, 0.15) is 33.6 Å². The molecule has 0 aromatic carbocycles. The molecule has 3 heterocycles. The van der Waals surface area contributed by atoms with E-state index >= 15 is 0 Å². The third-order valence-electron chi connectivity index (χ3n) is 4.46. The summed E-state index contributed by atoms with van der Waals surface area (Å²) in [5.74, 6) is -0.597. The van der Waals surface area contributed by atoms with Crippen molar-refractivity contribution in [1.29, 1.82) is 0 Å². The molecular weight excluding hydrogens is 236 g/mol. The highest BCUT2D eigenvalue weighted by Gasteiger charge is 2.65. The highest BCUT2D eigenvalue weighted by molar-refractivity contribution is 5.78. The van der Waals surface area contributed by atoms with E-state index in [1.54, 1.807) is 0 Å². The summed E-state index contributed by atoms with van der Waals surface area (Å²) in [6.45, 7) is 5.66. The van der Waals surface area contributed by atoms with Gasteiger partial charge in [0.25, 0.3) is 0 Å². The average Bonchev–Trinajstić information content (AvgIpc) is 2.93. The maximum atomic E-state index is 12.1. The molecule has 3 fully saturated rings. The zero-order valence-corrected chi connectivity index (χ0v) is 10.8. The van der Waals surface area contributed by atoms with E-state index in [1.807, 2.05) is 20.8 Å². The number of rotatable bonds is 3. The van der Waals surface area contributed by atoms with Crippen LogP contribution in [0.15, 0.2) is 0 Å². The number of fused-ring (bicyclic) bond motifs is 1. The van der Waals surface area contributed by atoms with Gasteiger partial charge in [0, 0.05) is 0 Å². The summed E-state index contributed by atoms with van der Waals surface area (Å²) in [6, 6.07) is 0. The van der Waals surface area contributed by atoms with Crippen LogP contribution in [0, 0.1) is 11.3 Å². The van der Waals surface area contributed by atoms with Crippen molar-refractivity contribution < 1.29 is 23.8 Å². The van der Waals surface area contributed by atoms with Gasteiger partial charge in [0.1, 0.15) is 6.10 Å². The van der Waals surface area contributed by atoms with Crippen LogP contribution in [0.5, 0.6) is 0 Å². The predicted molar refractivity (Wildman–Crippen MR) is 60.6 cm³/mol. The largest absolute Gasteiger partial charge is 0.455 e. The maximum absolute atomic E-state index is 12.1. The molecule has 3 saturated heterocycles. The SMILES string of the molecule is CCC(C)(C)C(=O)OC1C2CC3C(=O)OC1[C@H]3O2. The van der Waals surface area contributed by atoms with E-state index in [0.717, 1.165) is 0 Å². The summed E-state index contributed by atoms with van der Waals surface area (Å²) in [7, 11) is 0. The Hall–Kier alpha value is -1.10. The Morgan fingerprint density at radius 2 is 2.17 bits per heavy atom. The van der Waals surface area contributed by atoms with Crippen LogP contribution in [0.4, 0.5) is 0 Å². The monoisotopic (exact) mass is 254 g/mol. The Morgan fingerprint density at radius 3 is 2.83 bits per heavy atom. The van der Waals surface area contributed by atoms with Crippen LogP contribution >= 0.6 is 0 Å². The molecule has 5 atom stereocenters. The molecule has 3 rings (SSSR count). The smallest absolute Gasteiger partial charge is 0.312 e. The van der Waals surface area contributed by atoms with Crippen LogP contribution in [0.3, 0.4) is 0 Å². The van der Waals surface area contributed by atoms with E-state index in [-0.39, 0.29) is 30.1 Å². The van der Waals surface area contributed by atoms with Crippen molar-refractivity contribution in [3.63, 3.8) is 0 Å². The molecule has 18 heavy (non-hydrogen) atoms. The highest BCUT2D eigenvalue weighted by atomic mass is 16.7. The van der Waals surface area contributed by atoms with Gasteiger partial charge in [-0.1, -0.05) is 6.92 Å². The van der Waals surface area contributed by atoms with E-state index in [4.69, 9.17) is 14.2 Å². The summed E-state index contributed by atoms with van der Waals surface area (Å²) in [4.78, 5) is 23.6. The predicted octanol–water partition coefficient (Wildman–Crippen LogP) is 1.05. The lowest BCUT2D eigenvalue weighted by Crippen LogP contribution is -2.42. The van der Waals surface area contributed by atoms with Crippen molar-refractivity contribution in [3.8, 4) is 0 Å². The highest BCUT2D eigenvalue weighted by Crippen LogP contribution is 2.47. The van der Waals surface area contributed by atoms with Crippen molar-refractivity contribution >= 4 is 11.9 Å². The molecule has 2 bridgehead atoms. The van der Waals surface area contributed by atoms with Crippen LogP contribution in [-0.4, -0.2) is 36.4 Å². The zero-order chi connectivity index (χ0) is 13.1. The zero-order valence-electron chi connectivity index (χ0n) is 10.8. The van der Waals surface area contributed by atoms with Gasteiger partial charge in [-0.15, -0.1) is 0 Å². The van der Waals surface area contributed by atoms with E-state index in [2.05, 4.69) is 0 Å². The van der Waals surface area contributed by atoms with E-state index in [1.165, 1.54) is 0 Å². The van der Waals surface area contributed by atoms with Crippen molar-refractivity contribution in [3.05, 3.63) is 0 Å². The van der Waals surface area contributed by atoms with E-state index < -0.39 is 17.6 Å². The summed E-state index contributed by atoms with van der Waals surface area (Å²) in [6.07, 6.45) is 0.137. The third kappa shape index (κ3) is 1.49. The molecule has 0 radical (unpaired) electrons. The Bertz CT molecular complexity index is 402. The molecule has 3 aliphatic heterocycles. The first-order valence-corrected chi connectivity index (χ1v) is 6.51. The van der Waals surface area contributed by atoms with Crippen LogP contribution < -0.4 is 0 Å². The fourth-order valence-electron chi connectivity index (χ4n) is 2.81. The van der Waals surface area contributed by atoms with Crippen LogP contribution in [-0.2, 0) is 23.8 Å². The second-order valence-electron chi connectivity index (χ2n) is 5.99. The molecule has 0 aromatic heterocycles. The minimum absolute atomic E-state index is 0.144. The van der Waals surface area contributed by atoms with Gasteiger partial charge >= 0.3 is 11.9 Å². The molecular formula is C13H18O5. The second kappa shape index (κ2) is 3.70. The minimum atomic E-state index is -0.510. The topological polar surface area (TPSA) is 61.8 Å². The van der Waals surface area contributed by atoms with E-state index in [0.29, 0.717) is 12.8 Å². The van der Waals surface area contributed by atoms with Crippen LogP contribution in [0.2, 0.25) is 0 Å². The molecule has 0 aliphatic carbocycles. The molecule has 0 aromatic rings. The van der Waals surface area contributed by atoms with Crippen molar-refractivity contribution in [2.75, 3.05) is 0 Å². The van der Waals surface area contributed by atoms with Gasteiger partial charge in [-0.25, -0.2) is 0 Å². The Morgan fingerprint density at radius 1 is 1.44 bits per heavy atom. The Balaban J connectivity index is 1.73. The first-order valence-electron chi connectivity index (χ1n) is 6.51. The van der Waals surface area contributed by atoms with E-state index in [9.17, 15) is 9.59 Å². The summed E-state index contributed by atoms with van der Waals surface area (Å²) < 4.78 is 16.5. The van der Waals surface area contributed by atoms with Gasteiger partial charge in [0.15, 0.2) is 12.2 Å². The number of hydrogen-bond donors (Lipinski definition) is 0. The third-order valence-corrected chi connectivity index (χ3v) is 4.46. The Labute approximate surface area is 106 Å². The van der Waals surface area contributed by atoms with Crippen molar-refractivity contribution in [1.82, 2.24) is 0 Å². The summed E-state index contributed by atoms with van der Waals surface area (Å²) in [5, 5.41) is 0. The summed E-state index contributed by atoms with van der Waals surface area (Å²) in [5.41, 5.74) is -0.510. The summed E-state index contributed by atoms with van der Waals surface area (Å²) >= 11 is 0. The molecule has 0 spiro atoms. The molecule has 5 heteroatoms. The lowest BCUT2D eigenvalue weighted by Gasteiger charge is -2.27. The first kappa shape index (κ1) is 12.0. The number of carbonyl (C=O) groups is 2. The number of carbonyl (C=O) groups excluding carboxylic acids is 2. The van der Waals surface area contributed by atoms with Gasteiger partial charge in [-0.05, 0) is 26.7 Å². The van der Waals surface area contributed by atoms with Crippen molar-refractivity contribution in [2.45, 2.75) is 58.0 Å².